The topological polar surface area (TPSA) is 116 Å². The van der Waals surface area contributed by atoms with Gasteiger partial charge in [0.15, 0.2) is 0 Å². The summed E-state index contributed by atoms with van der Waals surface area (Å²) >= 11 is 23.3. The number of rotatable bonds is 20. The first-order chi connectivity index (χ1) is 29.3. The lowest BCUT2D eigenvalue weighted by molar-refractivity contribution is -0.929. The predicted molar refractivity (Wildman–Crippen MR) is 261 cm³/mol. The molecule has 0 saturated carbocycles. The lowest BCUT2D eigenvalue weighted by atomic mass is 10.1. The predicted octanol–water partition coefficient (Wildman–Crippen LogP) is 10.2. The molecule has 14 heteroatoms. The SMILES string of the molecule is CCCC[N+](CCCC)(CCCC)CCCC.O=c1c(Nc2ccc(Cl)cc2)c(Nc2ccc(Cl)cc2)c1=O.O=c1c(Nc2ccc(Cl)cc2)c(Nc2ccc(Cl)cc2)c1=O.[F-]. The summed E-state index contributed by atoms with van der Waals surface area (Å²) in [7, 11) is 0. The van der Waals surface area contributed by atoms with Gasteiger partial charge < -0.3 is 30.5 Å². The summed E-state index contributed by atoms with van der Waals surface area (Å²) in [5.41, 5.74) is 1.46. The molecule has 0 spiro atoms. The van der Waals surface area contributed by atoms with Crippen molar-refractivity contribution in [1.29, 1.82) is 0 Å². The molecule has 0 aromatic heterocycles. The summed E-state index contributed by atoms with van der Waals surface area (Å²) in [6.45, 7) is 15.0. The number of benzene rings is 4. The molecular weight excluding hydrogens is 871 g/mol. The zero-order valence-electron chi connectivity index (χ0n) is 35.7. The third-order valence-electron chi connectivity index (χ3n) is 10.2. The molecule has 9 nitrogen and oxygen atoms in total. The van der Waals surface area contributed by atoms with Crippen LogP contribution in [0.3, 0.4) is 0 Å². The van der Waals surface area contributed by atoms with Crippen molar-refractivity contribution in [3.05, 3.63) is 158 Å². The zero-order valence-corrected chi connectivity index (χ0v) is 38.7. The van der Waals surface area contributed by atoms with Gasteiger partial charge >= 0.3 is 0 Å². The molecule has 0 amide bonds. The number of unbranched alkanes of at least 4 members (excludes halogenated alkanes) is 4. The van der Waals surface area contributed by atoms with E-state index in [1.165, 1.54) is 82.0 Å². The van der Waals surface area contributed by atoms with Gasteiger partial charge in [-0.05, 0) is 123 Å². The van der Waals surface area contributed by atoms with Gasteiger partial charge in [0.2, 0.25) is 0 Å². The van der Waals surface area contributed by atoms with Crippen LogP contribution >= 0.6 is 46.4 Å². The first kappa shape index (κ1) is 51.6. The molecule has 0 bridgehead atoms. The van der Waals surface area contributed by atoms with E-state index < -0.39 is 21.7 Å². The van der Waals surface area contributed by atoms with Crippen molar-refractivity contribution >= 4 is 91.9 Å². The minimum Gasteiger partial charge on any atom is -1.00 e. The van der Waals surface area contributed by atoms with Crippen LogP contribution in [0.2, 0.25) is 20.1 Å². The fraction of sp³-hybridized carbons (Fsp3) is 0.333. The molecule has 0 unspecified atom stereocenters. The number of nitrogens with one attached hydrogen (secondary N) is 4. The third kappa shape index (κ3) is 15.3. The lowest BCUT2D eigenvalue weighted by Crippen LogP contribution is -3.00. The van der Waals surface area contributed by atoms with E-state index >= 15 is 0 Å². The summed E-state index contributed by atoms with van der Waals surface area (Å²) in [5, 5.41) is 14.1. The molecular formula is C48H56Cl4FN5O4. The van der Waals surface area contributed by atoms with Crippen LogP contribution in [0.25, 0.3) is 0 Å². The third-order valence-corrected chi connectivity index (χ3v) is 11.2. The number of hydrogen-bond donors (Lipinski definition) is 4. The molecule has 0 radical (unpaired) electrons. The van der Waals surface area contributed by atoms with E-state index in [0.29, 0.717) is 42.8 Å². The van der Waals surface area contributed by atoms with E-state index in [1.807, 2.05) is 0 Å². The summed E-state index contributed by atoms with van der Waals surface area (Å²) in [6.07, 6.45) is 11.1. The van der Waals surface area contributed by atoms with E-state index in [2.05, 4.69) is 49.0 Å². The molecule has 0 aliphatic carbocycles. The Bertz CT molecular complexity index is 2060. The van der Waals surface area contributed by atoms with Gasteiger partial charge in [0.25, 0.3) is 21.7 Å². The largest absolute Gasteiger partial charge is 1.00 e. The second kappa shape index (κ2) is 26.0. The highest BCUT2D eigenvalue weighted by Gasteiger charge is 2.25. The summed E-state index contributed by atoms with van der Waals surface area (Å²) in [6, 6.07) is 27.4. The van der Waals surface area contributed by atoms with Crippen LogP contribution in [0.5, 0.6) is 0 Å². The molecule has 0 aliphatic rings. The van der Waals surface area contributed by atoms with Gasteiger partial charge in [0, 0.05) is 42.8 Å². The summed E-state index contributed by atoms with van der Waals surface area (Å²) < 4.78 is 1.42. The Morgan fingerprint density at radius 2 is 0.532 bits per heavy atom. The second-order valence-electron chi connectivity index (χ2n) is 15.0. The van der Waals surface area contributed by atoms with Crippen LogP contribution in [0.4, 0.5) is 45.5 Å². The van der Waals surface area contributed by atoms with E-state index in [9.17, 15) is 19.2 Å². The highest BCUT2D eigenvalue weighted by atomic mass is 35.5. The lowest BCUT2D eigenvalue weighted by Gasteiger charge is -2.39. The molecule has 0 fully saturated rings. The Morgan fingerprint density at radius 3 is 0.694 bits per heavy atom. The highest BCUT2D eigenvalue weighted by Crippen LogP contribution is 2.27. The Balaban J connectivity index is 0.000000249. The van der Waals surface area contributed by atoms with Crippen LogP contribution in [0, 0.1) is 0 Å². The summed E-state index contributed by atoms with van der Waals surface area (Å²) in [5.74, 6) is 0. The minimum atomic E-state index is -0.550. The number of anilines is 8. The highest BCUT2D eigenvalue weighted by molar-refractivity contribution is 6.31. The van der Waals surface area contributed by atoms with Crippen molar-refractivity contribution in [3.8, 4) is 0 Å². The quantitative estimate of drug-likeness (QED) is 0.0442. The van der Waals surface area contributed by atoms with E-state index in [-0.39, 0.29) is 27.5 Å². The van der Waals surface area contributed by atoms with Crippen molar-refractivity contribution in [2.45, 2.75) is 79.1 Å². The average molecular weight is 928 g/mol. The van der Waals surface area contributed by atoms with Gasteiger partial charge in [0.1, 0.15) is 22.7 Å². The summed E-state index contributed by atoms with van der Waals surface area (Å²) in [4.78, 5) is 46.9. The van der Waals surface area contributed by atoms with Gasteiger partial charge in [-0.25, -0.2) is 0 Å². The molecule has 62 heavy (non-hydrogen) atoms. The van der Waals surface area contributed by atoms with Gasteiger partial charge in [-0.3, -0.25) is 19.2 Å². The zero-order chi connectivity index (χ0) is 44.4. The number of hydrogen-bond acceptors (Lipinski definition) is 8. The molecule has 0 saturated heterocycles. The Morgan fingerprint density at radius 1 is 0.355 bits per heavy atom. The number of halogens is 5. The fourth-order valence-corrected chi connectivity index (χ4v) is 7.12. The molecule has 332 valence electrons. The maximum atomic E-state index is 11.7. The van der Waals surface area contributed by atoms with Crippen LogP contribution in [0.15, 0.2) is 116 Å². The van der Waals surface area contributed by atoms with E-state index in [1.54, 1.807) is 97.1 Å². The first-order valence-electron chi connectivity index (χ1n) is 21.0. The van der Waals surface area contributed by atoms with Crippen LogP contribution in [0.1, 0.15) is 79.1 Å². The normalized spacial score (nSPS) is 10.8. The fourth-order valence-electron chi connectivity index (χ4n) is 6.62. The standard InChI is InChI=1S/2C16H10Cl2N2O2.C16H36N.FH/c2*17-9-1-5-11(6-2-9)19-13-14(16(22)15(13)21)20-12-7-3-10(18)4-8-12;1-5-9-13-17(14-10-6-2,15-11-7-3)16-12-8-4;/h2*1-8,19-20H;5-16H2,1-4H3;1H/q;;+1;/p-1. The van der Waals surface area contributed by atoms with Gasteiger partial charge in [0.05, 0.1) is 26.2 Å². The molecule has 6 rings (SSSR count). The average Bonchev–Trinajstić information content (AvgIpc) is 3.28. The van der Waals surface area contributed by atoms with E-state index in [4.69, 9.17) is 46.4 Å². The maximum Gasteiger partial charge on any atom is 0.253 e. The molecule has 0 heterocycles. The molecule has 4 N–H and O–H groups in total. The smallest absolute Gasteiger partial charge is 0.253 e. The van der Waals surface area contributed by atoms with Crippen LogP contribution in [-0.2, 0) is 0 Å². The number of nitrogens with zero attached hydrogens (tertiary/aromatic N) is 1. The molecule has 0 atom stereocenters. The molecule has 0 aliphatic heterocycles. The molecule has 6 aromatic rings. The van der Waals surface area contributed by atoms with Crippen molar-refractivity contribution in [2.75, 3.05) is 47.4 Å². The van der Waals surface area contributed by atoms with Crippen molar-refractivity contribution in [1.82, 2.24) is 0 Å². The first-order valence-corrected chi connectivity index (χ1v) is 22.5. The second-order valence-corrected chi connectivity index (χ2v) is 16.7. The van der Waals surface area contributed by atoms with E-state index in [0.717, 1.165) is 0 Å². The van der Waals surface area contributed by atoms with Crippen molar-refractivity contribution in [2.24, 2.45) is 0 Å². The minimum absolute atomic E-state index is 0. The maximum absolute atomic E-state index is 11.7. The van der Waals surface area contributed by atoms with Crippen LogP contribution < -0.4 is 47.7 Å². The van der Waals surface area contributed by atoms with Crippen molar-refractivity contribution in [3.63, 3.8) is 0 Å². The molecule has 6 aromatic carbocycles. The Labute approximate surface area is 383 Å². The Kier molecular flexibility index (Phi) is 21.7. The number of quaternary nitrogens is 1. The van der Waals surface area contributed by atoms with Crippen LogP contribution in [-0.4, -0.2) is 30.7 Å². The monoisotopic (exact) mass is 925 g/mol. The Hall–Kier alpha value is -4.71. The van der Waals surface area contributed by atoms with Gasteiger partial charge in [-0.15, -0.1) is 0 Å². The van der Waals surface area contributed by atoms with Gasteiger partial charge in [-0.2, -0.15) is 0 Å². The van der Waals surface area contributed by atoms with Gasteiger partial charge in [-0.1, -0.05) is 99.8 Å². The van der Waals surface area contributed by atoms with Crippen molar-refractivity contribution < 1.29 is 9.19 Å².